The van der Waals surface area contributed by atoms with Gasteiger partial charge in [0.25, 0.3) is 0 Å². The van der Waals surface area contributed by atoms with Crippen LogP contribution in [0.5, 0.6) is 0 Å². The maximum absolute atomic E-state index is 5.19. The van der Waals surface area contributed by atoms with Crippen LogP contribution in [0.2, 0.25) is 0 Å². The van der Waals surface area contributed by atoms with Crippen molar-refractivity contribution >= 4 is 0 Å². The molecule has 0 saturated carbocycles. The van der Waals surface area contributed by atoms with Crippen LogP contribution in [0, 0.1) is 0 Å². The van der Waals surface area contributed by atoms with Crippen LogP contribution in [0.4, 0.5) is 0 Å². The van der Waals surface area contributed by atoms with Crippen molar-refractivity contribution in [3.8, 4) is 0 Å². The van der Waals surface area contributed by atoms with Gasteiger partial charge in [0.1, 0.15) is 0 Å². The van der Waals surface area contributed by atoms with E-state index in [0.717, 1.165) is 5.69 Å². The molecule has 1 aromatic rings. The Morgan fingerprint density at radius 2 is 2.56 bits per heavy atom. The highest BCUT2D eigenvalue weighted by Gasteiger charge is 1.99. The first kappa shape index (κ1) is 6.32. The maximum Gasteiger partial charge on any atom is 0.0581 e. The summed E-state index contributed by atoms with van der Waals surface area (Å²) in [5.74, 6) is 5.19. The summed E-state index contributed by atoms with van der Waals surface area (Å²) < 4.78 is 0. The third kappa shape index (κ3) is 1.31. The number of hydrogen-bond donors (Lipinski definition) is 3. The minimum Gasteiger partial charge on any atom is -0.364 e. The van der Waals surface area contributed by atoms with Gasteiger partial charge in [0.2, 0.25) is 0 Å². The lowest BCUT2D eigenvalue weighted by Crippen LogP contribution is -2.25. The Balaban J connectivity index is 2.65. The highest BCUT2D eigenvalue weighted by molar-refractivity contribution is 5.07. The minimum absolute atomic E-state index is 0.208. The standard InChI is InChI=1S/C6H11N3/c1-5(9-7)6-3-2-4-8-6/h2-5,8-9H,7H2,1H3/t5-/m0/s1. The molecule has 0 bridgehead atoms. The highest BCUT2D eigenvalue weighted by atomic mass is 15.2. The molecule has 3 heteroatoms. The van der Waals surface area contributed by atoms with Crippen LogP contribution >= 0.6 is 0 Å². The van der Waals surface area contributed by atoms with Crippen molar-refractivity contribution < 1.29 is 0 Å². The van der Waals surface area contributed by atoms with Crippen LogP contribution < -0.4 is 11.3 Å². The SMILES string of the molecule is C[C@H](NN)c1ccc[nH]1. The number of H-pyrrole nitrogens is 1. The molecule has 1 aromatic heterocycles. The molecule has 3 nitrogen and oxygen atoms in total. The summed E-state index contributed by atoms with van der Waals surface area (Å²) in [7, 11) is 0. The number of hydrogen-bond acceptors (Lipinski definition) is 2. The number of hydrazine groups is 1. The normalized spacial score (nSPS) is 13.6. The van der Waals surface area contributed by atoms with Gasteiger partial charge in [-0.3, -0.25) is 11.3 Å². The summed E-state index contributed by atoms with van der Waals surface area (Å²) in [5.41, 5.74) is 3.74. The Hall–Kier alpha value is -0.800. The summed E-state index contributed by atoms with van der Waals surface area (Å²) in [6.45, 7) is 1.99. The minimum atomic E-state index is 0.208. The van der Waals surface area contributed by atoms with Crippen LogP contribution in [0.3, 0.4) is 0 Å². The first-order chi connectivity index (χ1) is 4.34. The third-order valence-electron chi connectivity index (χ3n) is 1.34. The Labute approximate surface area is 54.2 Å². The first-order valence-electron chi connectivity index (χ1n) is 2.94. The first-order valence-corrected chi connectivity index (χ1v) is 2.94. The topological polar surface area (TPSA) is 53.8 Å². The van der Waals surface area contributed by atoms with E-state index in [-0.39, 0.29) is 6.04 Å². The van der Waals surface area contributed by atoms with Crippen LogP contribution in [-0.2, 0) is 0 Å². The highest BCUT2D eigenvalue weighted by Crippen LogP contribution is 2.05. The quantitative estimate of drug-likeness (QED) is 0.399. The zero-order valence-corrected chi connectivity index (χ0v) is 5.39. The molecule has 50 valence electrons. The summed E-state index contributed by atoms with van der Waals surface area (Å²) >= 11 is 0. The second kappa shape index (κ2) is 2.66. The third-order valence-corrected chi connectivity index (χ3v) is 1.34. The van der Waals surface area contributed by atoms with E-state index in [0.29, 0.717) is 0 Å². The molecular weight excluding hydrogens is 114 g/mol. The molecule has 4 N–H and O–H groups in total. The molecule has 1 heterocycles. The zero-order chi connectivity index (χ0) is 6.69. The van der Waals surface area contributed by atoms with Crippen molar-refractivity contribution in [1.82, 2.24) is 10.4 Å². The fraction of sp³-hybridized carbons (Fsp3) is 0.333. The van der Waals surface area contributed by atoms with Crippen LogP contribution in [0.25, 0.3) is 0 Å². The number of aromatic nitrogens is 1. The Kier molecular flexibility index (Phi) is 1.87. The second-order valence-electron chi connectivity index (χ2n) is 2.01. The van der Waals surface area contributed by atoms with E-state index >= 15 is 0 Å². The molecule has 0 spiro atoms. The molecule has 1 rings (SSSR count). The van der Waals surface area contributed by atoms with Crippen molar-refractivity contribution in [2.45, 2.75) is 13.0 Å². The van der Waals surface area contributed by atoms with Gasteiger partial charge in [-0.15, -0.1) is 0 Å². The predicted octanol–water partition coefficient (Wildman–Crippen LogP) is 0.539. The zero-order valence-electron chi connectivity index (χ0n) is 5.39. The number of nitrogens with one attached hydrogen (secondary N) is 2. The average molecular weight is 125 g/mol. The van der Waals surface area contributed by atoms with E-state index in [1.165, 1.54) is 0 Å². The van der Waals surface area contributed by atoms with Gasteiger partial charge in [0, 0.05) is 11.9 Å². The molecule has 0 aliphatic carbocycles. The van der Waals surface area contributed by atoms with Gasteiger partial charge >= 0.3 is 0 Å². The lowest BCUT2D eigenvalue weighted by molar-refractivity contribution is 0.590. The van der Waals surface area contributed by atoms with Gasteiger partial charge in [0.15, 0.2) is 0 Å². The smallest absolute Gasteiger partial charge is 0.0581 e. The second-order valence-corrected chi connectivity index (χ2v) is 2.01. The Morgan fingerprint density at radius 1 is 1.78 bits per heavy atom. The van der Waals surface area contributed by atoms with Gasteiger partial charge in [-0.1, -0.05) is 0 Å². The average Bonchev–Trinajstić information content (AvgIpc) is 2.37. The van der Waals surface area contributed by atoms with Gasteiger partial charge in [-0.25, -0.2) is 0 Å². The fourth-order valence-corrected chi connectivity index (χ4v) is 0.703. The Bertz CT molecular complexity index is 157. The van der Waals surface area contributed by atoms with Crippen molar-refractivity contribution in [3.63, 3.8) is 0 Å². The molecule has 1 atom stereocenters. The molecule has 0 fully saturated rings. The van der Waals surface area contributed by atoms with Crippen molar-refractivity contribution in [3.05, 3.63) is 24.0 Å². The Morgan fingerprint density at radius 3 is 3.00 bits per heavy atom. The molecule has 9 heavy (non-hydrogen) atoms. The number of rotatable bonds is 2. The monoisotopic (exact) mass is 125 g/mol. The predicted molar refractivity (Wildman–Crippen MR) is 36.5 cm³/mol. The molecule has 0 aliphatic heterocycles. The van der Waals surface area contributed by atoms with Crippen LogP contribution in [0.1, 0.15) is 18.7 Å². The summed E-state index contributed by atoms with van der Waals surface area (Å²) in [6, 6.07) is 4.15. The van der Waals surface area contributed by atoms with Crippen molar-refractivity contribution in [2.24, 2.45) is 5.84 Å². The molecule has 0 radical (unpaired) electrons. The molecule has 0 aliphatic rings. The van der Waals surface area contributed by atoms with E-state index in [1.807, 2.05) is 25.3 Å². The molecule has 0 unspecified atom stereocenters. The van der Waals surface area contributed by atoms with Crippen LogP contribution in [-0.4, -0.2) is 4.98 Å². The lowest BCUT2D eigenvalue weighted by Gasteiger charge is -2.05. The maximum atomic E-state index is 5.19. The van der Waals surface area contributed by atoms with E-state index in [9.17, 15) is 0 Å². The van der Waals surface area contributed by atoms with E-state index < -0.39 is 0 Å². The van der Waals surface area contributed by atoms with Gasteiger partial charge in [-0.2, -0.15) is 0 Å². The summed E-state index contributed by atoms with van der Waals surface area (Å²) in [5, 5.41) is 0. The van der Waals surface area contributed by atoms with Gasteiger partial charge in [0.05, 0.1) is 6.04 Å². The number of aromatic amines is 1. The molecule has 0 aromatic carbocycles. The van der Waals surface area contributed by atoms with E-state index in [2.05, 4.69) is 10.4 Å². The summed E-state index contributed by atoms with van der Waals surface area (Å²) in [6.07, 6.45) is 1.88. The number of nitrogens with two attached hydrogens (primary N) is 1. The molecule has 0 amide bonds. The van der Waals surface area contributed by atoms with E-state index in [1.54, 1.807) is 0 Å². The van der Waals surface area contributed by atoms with Crippen molar-refractivity contribution in [2.75, 3.05) is 0 Å². The lowest BCUT2D eigenvalue weighted by atomic mass is 10.2. The molecule has 0 saturated heterocycles. The van der Waals surface area contributed by atoms with E-state index in [4.69, 9.17) is 5.84 Å². The van der Waals surface area contributed by atoms with Gasteiger partial charge < -0.3 is 4.98 Å². The van der Waals surface area contributed by atoms with Crippen molar-refractivity contribution in [1.29, 1.82) is 0 Å². The fourth-order valence-electron chi connectivity index (χ4n) is 0.703. The molecular formula is C6H11N3. The van der Waals surface area contributed by atoms with Crippen LogP contribution in [0.15, 0.2) is 18.3 Å². The van der Waals surface area contributed by atoms with Gasteiger partial charge in [-0.05, 0) is 19.1 Å². The summed E-state index contributed by atoms with van der Waals surface area (Å²) in [4.78, 5) is 3.05. The largest absolute Gasteiger partial charge is 0.364 e.